The number of hydrogen-bond acceptors (Lipinski definition) is 3. The zero-order valence-electron chi connectivity index (χ0n) is 12.8. The third kappa shape index (κ3) is 1.97. The number of imidazole rings is 1. The summed E-state index contributed by atoms with van der Waals surface area (Å²) >= 11 is 0. The number of benzene rings is 3. The Morgan fingerprint density at radius 3 is 2.46 bits per heavy atom. The zero-order chi connectivity index (χ0) is 15.9. The van der Waals surface area contributed by atoms with Gasteiger partial charge in [-0.15, -0.1) is 0 Å². The van der Waals surface area contributed by atoms with E-state index in [1.54, 1.807) is 6.20 Å². The van der Waals surface area contributed by atoms with Crippen molar-refractivity contribution in [2.24, 2.45) is 0 Å². The van der Waals surface area contributed by atoms with Crippen LogP contribution in [0.3, 0.4) is 0 Å². The molecule has 116 valence electrons. The lowest BCUT2D eigenvalue weighted by Crippen LogP contribution is -1.92. The van der Waals surface area contributed by atoms with E-state index in [-0.39, 0.29) is 6.79 Å². The largest absolute Gasteiger partial charge is 0.454 e. The van der Waals surface area contributed by atoms with E-state index in [1.165, 1.54) is 10.8 Å². The lowest BCUT2D eigenvalue weighted by atomic mass is 9.94. The summed E-state index contributed by atoms with van der Waals surface area (Å²) in [5.41, 5.74) is 3.23. The van der Waals surface area contributed by atoms with Gasteiger partial charge in [0.25, 0.3) is 0 Å². The fourth-order valence-corrected chi connectivity index (χ4v) is 3.23. The molecule has 24 heavy (non-hydrogen) atoms. The number of rotatable bonds is 2. The van der Waals surface area contributed by atoms with E-state index in [0.717, 1.165) is 34.0 Å². The van der Waals surface area contributed by atoms with Gasteiger partial charge in [0.05, 0.1) is 0 Å². The molecule has 0 amide bonds. The van der Waals surface area contributed by atoms with E-state index in [2.05, 4.69) is 52.4 Å². The quantitative estimate of drug-likeness (QED) is 0.587. The number of aromatic nitrogens is 2. The molecular formula is C20H14N2O2. The minimum atomic E-state index is 0.256. The Morgan fingerprint density at radius 2 is 1.62 bits per heavy atom. The van der Waals surface area contributed by atoms with Crippen LogP contribution in [0, 0.1) is 0 Å². The standard InChI is InChI=1S/C20H14N2O2/c1-2-6-14-13(4-1)5-3-7-15(14)16-10-18-19(24-12-23-18)11-17(16)20-21-8-9-22-20/h1-11H,12H2,(H,21,22). The van der Waals surface area contributed by atoms with Crippen molar-refractivity contribution in [2.75, 3.05) is 6.79 Å². The molecule has 0 atom stereocenters. The summed E-state index contributed by atoms with van der Waals surface area (Å²) in [5, 5.41) is 2.41. The van der Waals surface area contributed by atoms with Crippen molar-refractivity contribution in [1.29, 1.82) is 0 Å². The van der Waals surface area contributed by atoms with Gasteiger partial charge in [-0.3, -0.25) is 0 Å². The Bertz CT molecular complexity index is 1030. The molecule has 1 aromatic heterocycles. The van der Waals surface area contributed by atoms with Crippen molar-refractivity contribution >= 4 is 10.8 Å². The van der Waals surface area contributed by atoms with Crippen LogP contribution in [-0.2, 0) is 0 Å². The maximum Gasteiger partial charge on any atom is 0.231 e. The molecule has 0 saturated carbocycles. The van der Waals surface area contributed by atoms with Gasteiger partial charge in [-0.1, -0.05) is 42.5 Å². The highest BCUT2D eigenvalue weighted by molar-refractivity contribution is 6.00. The Labute approximate surface area is 138 Å². The number of fused-ring (bicyclic) bond motifs is 2. The van der Waals surface area contributed by atoms with E-state index in [4.69, 9.17) is 9.47 Å². The molecule has 4 heteroatoms. The second-order valence-corrected chi connectivity index (χ2v) is 5.72. The molecule has 0 spiro atoms. The lowest BCUT2D eigenvalue weighted by Gasteiger charge is -2.12. The fraction of sp³-hybridized carbons (Fsp3) is 0.0500. The van der Waals surface area contributed by atoms with E-state index >= 15 is 0 Å². The predicted octanol–water partition coefficient (Wildman–Crippen LogP) is 4.63. The Kier molecular flexibility index (Phi) is 2.82. The summed E-state index contributed by atoms with van der Waals surface area (Å²) in [7, 11) is 0. The number of H-pyrrole nitrogens is 1. The number of hydrogen-bond donors (Lipinski definition) is 1. The lowest BCUT2D eigenvalue weighted by molar-refractivity contribution is 0.174. The molecule has 0 aliphatic carbocycles. The average molecular weight is 314 g/mol. The van der Waals surface area contributed by atoms with Gasteiger partial charge in [-0.25, -0.2) is 4.98 Å². The van der Waals surface area contributed by atoms with Gasteiger partial charge in [0.2, 0.25) is 6.79 Å². The van der Waals surface area contributed by atoms with Crippen molar-refractivity contribution in [3.05, 3.63) is 67.0 Å². The van der Waals surface area contributed by atoms with Crippen LogP contribution >= 0.6 is 0 Å². The van der Waals surface area contributed by atoms with Crippen LogP contribution in [0.2, 0.25) is 0 Å². The van der Waals surface area contributed by atoms with Gasteiger partial charge in [0, 0.05) is 18.0 Å². The Morgan fingerprint density at radius 1 is 0.833 bits per heavy atom. The summed E-state index contributed by atoms with van der Waals surface area (Å²) < 4.78 is 11.1. The number of nitrogens with one attached hydrogen (secondary N) is 1. The predicted molar refractivity (Wildman–Crippen MR) is 93.1 cm³/mol. The highest BCUT2D eigenvalue weighted by Gasteiger charge is 2.20. The third-order valence-electron chi connectivity index (χ3n) is 4.35. The molecule has 1 aliphatic heterocycles. The van der Waals surface area contributed by atoms with Crippen LogP contribution in [0.4, 0.5) is 0 Å². The molecule has 0 unspecified atom stereocenters. The van der Waals surface area contributed by atoms with E-state index in [0.29, 0.717) is 0 Å². The average Bonchev–Trinajstić information content (AvgIpc) is 3.31. The monoisotopic (exact) mass is 314 g/mol. The number of ether oxygens (including phenoxy) is 2. The van der Waals surface area contributed by atoms with Crippen molar-refractivity contribution in [2.45, 2.75) is 0 Å². The van der Waals surface area contributed by atoms with Gasteiger partial charge in [-0.2, -0.15) is 0 Å². The van der Waals surface area contributed by atoms with Crippen molar-refractivity contribution in [1.82, 2.24) is 9.97 Å². The zero-order valence-corrected chi connectivity index (χ0v) is 12.8. The first-order valence-corrected chi connectivity index (χ1v) is 7.82. The van der Waals surface area contributed by atoms with E-state index in [9.17, 15) is 0 Å². The van der Waals surface area contributed by atoms with Crippen LogP contribution < -0.4 is 9.47 Å². The molecule has 4 aromatic rings. The van der Waals surface area contributed by atoms with Crippen LogP contribution in [0.1, 0.15) is 0 Å². The summed E-state index contributed by atoms with van der Waals surface area (Å²) in [4.78, 5) is 7.62. The minimum absolute atomic E-state index is 0.256. The molecule has 5 rings (SSSR count). The van der Waals surface area contributed by atoms with Crippen molar-refractivity contribution in [3.63, 3.8) is 0 Å². The summed E-state index contributed by atoms with van der Waals surface area (Å²) in [5.74, 6) is 2.34. The first-order valence-electron chi connectivity index (χ1n) is 7.82. The molecule has 1 aliphatic rings. The van der Waals surface area contributed by atoms with Crippen LogP contribution in [-0.4, -0.2) is 16.8 Å². The topological polar surface area (TPSA) is 47.1 Å². The van der Waals surface area contributed by atoms with Crippen LogP contribution in [0.25, 0.3) is 33.3 Å². The van der Waals surface area contributed by atoms with Crippen molar-refractivity contribution in [3.8, 4) is 34.0 Å². The second kappa shape index (κ2) is 5.13. The summed E-state index contributed by atoms with van der Waals surface area (Å²) in [6, 6.07) is 18.8. The summed E-state index contributed by atoms with van der Waals surface area (Å²) in [6.45, 7) is 0.256. The molecule has 0 radical (unpaired) electrons. The number of nitrogens with zero attached hydrogens (tertiary/aromatic N) is 1. The van der Waals surface area contributed by atoms with E-state index in [1.807, 2.05) is 18.3 Å². The fourth-order valence-electron chi connectivity index (χ4n) is 3.23. The maximum atomic E-state index is 5.59. The molecule has 2 heterocycles. The first-order chi connectivity index (χ1) is 11.9. The Balaban J connectivity index is 1.84. The van der Waals surface area contributed by atoms with Gasteiger partial charge >= 0.3 is 0 Å². The highest BCUT2D eigenvalue weighted by atomic mass is 16.7. The maximum absolute atomic E-state index is 5.59. The molecular weight excluding hydrogens is 300 g/mol. The molecule has 1 N–H and O–H groups in total. The van der Waals surface area contributed by atoms with Gasteiger partial charge < -0.3 is 14.5 Å². The van der Waals surface area contributed by atoms with Gasteiger partial charge in [0.15, 0.2) is 11.5 Å². The molecule has 3 aromatic carbocycles. The molecule has 0 fully saturated rings. The number of aromatic amines is 1. The SMILES string of the molecule is c1ccc2c(-c3cc4c(cc3-c3ncc[nH]3)OCO4)cccc2c1. The van der Waals surface area contributed by atoms with Crippen LogP contribution in [0.5, 0.6) is 11.5 Å². The van der Waals surface area contributed by atoms with Crippen molar-refractivity contribution < 1.29 is 9.47 Å². The molecule has 0 bridgehead atoms. The van der Waals surface area contributed by atoms with E-state index < -0.39 is 0 Å². The Hall–Kier alpha value is -3.27. The third-order valence-corrected chi connectivity index (χ3v) is 4.35. The summed E-state index contributed by atoms with van der Waals surface area (Å²) in [6.07, 6.45) is 3.58. The highest BCUT2D eigenvalue weighted by Crippen LogP contribution is 2.43. The molecule has 4 nitrogen and oxygen atoms in total. The normalized spacial score (nSPS) is 12.7. The minimum Gasteiger partial charge on any atom is -0.454 e. The van der Waals surface area contributed by atoms with Crippen LogP contribution in [0.15, 0.2) is 67.0 Å². The van der Waals surface area contributed by atoms with Gasteiger partial charge in [-0.05, 0) is 34.0 Å². The molecule has 0 saturated heterocycles. The second-order valence-electron chi connectivity index (χ2n) is 5.72. The van der Waals surface area contributed by atoms with Gasteiger partial charge in [0.1, 0.15) is 5.82 Å². The smallest absolute Gasteiger partial charge is 0.231 e. The first kappa shape index (κ1) is 13.2.